The average Bonchev–Trinajstić information content (AvgIpc) is 2.41. The molecule has 1 aliphatic rings. The maximum absolute atomic E-state index is 5.84. The number of aromatic nitrogens is 2. The van der Waals surface area contributed by atoms with Crippen molar-refractivity contribution >= 4 is 5.82 Å². The molecule has 1 aromatic carbocycles. The number of anilines is 1. The van der Waals surface area contributed by atoms with E-state index in [9.17, 15) is 0 Å². The van der Waals surface area contributed by atoms with E-state index in [2.05, 4.69) is 16.0 Å². The van der Waals surface area contributed by atoms with Crippen molar-refractivity contribution in [1.82, 2.24) is 9.97 Å². The van der Waals surface area contributed by atoms with Crippen LogP contribution >= 0.6 is 0 Å². The Bertz CT molecular complexity index is 596. The number of fused-ring (bicyclic) bond motifs is 1. The second-order valence-corrected chi connectivity index (χ2v) is 4.48. The van der Waals surface area contributed by atoms with E-state index in [0.29, 0.717) is 5.82 Å². The molecule has 18 heavy (non-hydrogen) atoms. The molecule has 2 aromatic rings. The second-order valence-electron chi connectivity index (χ2n) is 4.48. The molecule has 0 radical (unpaired) electrons. The van der Waals surface area contributed by atoms with Crippen molar-refractivity contribution in [2.75, 3.05) is 12.3 Å². The van der Waals surface area contributed by atoms with Gasteiger partial charge in [-0.3, -0.25) is 0 Å². The summed E-state index contributed by atoms with van der Waals surface area (Å²) in [4.78, 5) is 8.35. The predicted molar refractivity (Wildman–Crippen MR) is 70.4 cm³/mol. The lowest BCUT2D eigenvalue weighted by Gasteiger charge is -2.20. The molecular formula is C14H15N3O. The van der Waals surface area contributed by atoms with Crippen LogP contribution in [0.3, 0.4) is 0 Å². The lowest BCUT2D eigenvalue weighted by Crippen LogP contribution is -2.10. The van der Waals surface area contributed by atoms with E-state index >= 15 is 0 Å². The number of aryl methyl sites for hydroxylation is 1. The van der Waals surface area contributed by atoms with Gasteiger partial charge in [-0.2, -0.15) is 0 Å². The zero-order valence-electron chi connectivity index (χ0n) is 10.3. The van der Waals surface area contributed by atoms with Gasteiger partial charge in [-0.25, -0.2) is 9.97 Å². The number of benzene rings is 1. The monoisotopic (exact) mass is 241 g/mol. The van der Waals surface area contributed by atoms with Crippen molar-refractivity contribution in [3.8, 4) is 17.0 Å². The third-order valence-corrected chi connectivity index (χ3v) is 3.31. The molecule has 1 aromatic heterocycles. The first-order valence-electron chi connectivity index (χ1n) is 6.09. The third-order valence-electron chi connectivity index (χ3n) is 3.31. The minimum Gasteiger partial charge on any atom is -0.493 e. The SMILES string of the molecule is Cc1c(N)ncnc1-c1cccc2c1OCCC2. The Morgan fingerprint density at radius 1 is 1.28 bits per heavy atom. The van der Waals surface area contributed by atoms with Crippen LogP contribution in [0, 0.1) is 6.92 Å². The normalized spacial score (nSPS) is 13.8. The summed E-state index contributed by atoms with van der Waals surface area (Å²) >= 11 is 0. The van der Waals surface area contributed by atoms with Gasteiger partial charge in [-0.1, -0.05) is 12.1 Å². The number of hydrogen-bond acceptors (Lipinski definition) is 4. The quantitative estimate of drug-likeness (QED) is 0.832. The number of ether oxygens (including phenoxy) is 1. The molecule has 2 heterocycles. The summed E-state index contributed by atoms with van der Waals surface area (Å²) < 4.78 is 5.80. The fraction of sp³-hybridized carbons (Fsp3) is 0.286. The molecule has 4 heteroatoms. The van der Waals surface area contributed by atoms with E-state index in [1.807, 2.05) is 19.1 Å². The third kappa shape index (κ3) is 1.70. The Hall–Kier alpha value is -2.10. The zero-order chi connectivity index (χ0) is 12.5. The molecule has 0 spiro atoms. The molecular weight excluding hydrogens is 226 g/mol. The van der Waals surface area contributed by atoms with Crippen LogP contribution in [0.15, 0.2) is 24.5 Å². The second kappa shape index (κ2) is 4.29. The fourth-order valence-electron chi connectivity index (χ4n) is 2.31. The standard InChI is InChI=1S/C14H15N3O/c1-9-12(16-8-17-14(9)15)11-6-2-4-10-5-3-7-18-13(10)11/h2,4,6,8H,3,5,7H2,1H3,(H2,15,16,17). The molecule has 0 fully saturated rings. The lowest BCUT2D eigenvalue weighted by molar-refractivity contribution is 0.289. The van der Waals surface area contributed by atoms with E-state index in [-0.39, 0.29) is 0 Å². The maximum atomic E-state index is 5.84. The summed E-state index contributed by atoms with van der Waals surface area (Å²) in [6, 6.07) is 6.18. The van der Waals surface area contributed by atoms with E-state index in [0.717, 1.165) is 42.0 Å². The van der Waals surface area contributed by atoms with Gasteiger partial charge in [0.05, 0.1) is 12.3 Å². The van der Waals surface area contributed by atoms with Crippen molar-refractivity contribution < 1.29 is 4.74 Å². The molecule has 0 amide bonds. The molecule has 0 bridgehead atoms. The zero-order valence-corrected chi connectivity index (χ0v) is 10.3. The highest BCUT2D eigenvalue weighted by molar-refractivity contribution is 5.74. The van der Waals surface area contributed by atoms with Crippen molar-refractivity contribution in [3.63, 3.8) is 0 Å². The Balaban J connectivity index is 2.20. The molecule has 2 N–H and O–H groups in total. The van der Waals surface area contributed by atoms with Gasteiger partial charge in [0.25, 0.3) is 0 Å². The number of nitrogens with zero attached hydrogens (tertiary/aromatic N) is 2. The number of para-hydroxylation sites is 1. The van der Waals surface area contributed by atoms with Gasteiger partial charge in [0.1, 0.15) is 17.9 Å². The van der Waals surface area contributed by atoms with Gasteiger partial charge in [0.2, 0.25) is 0 Å². The van der Waals surface area contributed by atoms with Crippen LogP contribution in [0.4, 0.5) is 5.82 Å². The first-order valence-corrected chi connectivity index (χ1v) is 6.09. The Labute approximate surface area is 106 Å². The first kappa shape index (κ1) is 11.0. The summed E-state index contributed by atoms with van der Waals surface area (Å²) in [6.45, 7) is 2.70. The largest absolute Gasteiger partial charge is 0.493 e. The molecule has 0 unspecified atom stereocenters. The number of nitrogens with two attached hydrogens (primary N) is 1. The minimum absolute atomic E-state index is 0.522. The Kier molecular flexibility index (Phi) is 2.63. The number of rotatable bonds is 1. The van der Waals surface area contributed by atoms with Gasteiger partial charge < -0.3 is 10.5 Å². The van der Waals surface area contributed by atoms with Gasteiger partial charge in [-0.15, -0.1) is 0 Å². The van der Waals surface area contributed by atoms with Crippen LogP contribution in [0.2, 0.25) is 0 Å². The highest BCUT2D eigenvalue weighted by Crippen LogP contribution is 2.36. The number of nitrogen functional groups attached to an aromatic ring is 1. The van der Waals surface area contributed by atoms with Crippen LogP contribution in [0.1, 0.15) is 17.5 Å². The maximum Gasteiger partial charge on any atom is 0.131 e. The van der Waals surface area contributed by atoms with E-state index in [1.165, 1.54) is 11.9 Å². The highest BCUT2D eigenvalue weighted by Gasteiger charge is 2.18. The van der Waals surface area contributed by atoms with E-state index < -0.39 is 0 Å². The van der Waals surface area contributed by atoms with E-state index in [1.54, 1.807) is 0 Å². The van der Waals surface area contributed by atoms with Crippen LogP contribution in [0.25, 0.3) is 11.3 Å². The van der Waals surface area contributed by atoms with Crippen LogP contribution in [0.5, 0.6) is 5.75 Å². The topological polar surface area (TPSA) is 61.0 Å². The molecule has 1 aliphatic heterocycles. The molecule has 0 saturated carbocycles. The van der Waals surface area contributed by atoms with Crippen molar-refractivity contribution in [2.24, 2.45) is 0 Å². The molecule has 0 saturated heterocycles. The van der Waals surface area contributed by atoms with Gasteiger partial charge in [-0.05, 0) is 31.4 Å². The van der Waals surface area contributed by atoms with Crippen molar-refractivity contribution in [3.05, 3.63) is 35.7 Å². The first-order chi connectivity index (χ1) is 8.77. The molecule has 0 aliphatic carbocycles. The Morgan fingerprint density at radius 3 is 3.06 bits per heavy atom. The summed E-state index contributed by atoms with van der Waals surface area (Å²) in [5.74, 6) is 1.47. The van der Waals surface area contributed by atoms with Crippen molar-refractivity contribution in [1.29, 1.82) is 0 Å². The summed E-state index contributed by atoms with van der Waals surface area (Å²) in [5.41, 5.74) is 9.87. The van der Waals surface area contributed by atoms with Gasteiger partial charge >= 0.3 is 0 Å². The van der Waals surface area contributed by atoms with Gasteiger partial charge in [0.15, 0.2) is 0 Å². The van der Waals surface area contributed by atoms with E-state index in [4.69, 9.17) is 10.5 Å². The summed E-state index contributed by atoms with van der Waals surface area (Å²) in [7, 11) is 0. The predicted octanol–water partition coefficient (Wildman–Crippen LogP) is 2.36. The molecule has 3 rings (SSSR count). The Morgan fingerprint density at radius 2 is 2.17 bits per heavy atom. The fourth-order valence-corrected chi connectivity index (χ4v) is 2.31. The average molecular weight is 241 g/mol. The van der Waals surface area contributed by atoms with Crippen molar-refractivity contribution in [2.45, 2.75) is 19.8 Å². The number of hydrogen-bond donors (Lipinski definition) is 1. The molecule has 0 atom stereocenters. The summed E-state index contributed by atoms with van der Waals surface area (Å²) in [6.07, 6.45) is 3.63. The molecule has 92 valence electrons. The lowest BCUT2D eigenvalue weighted by atomic mass is 9.99. The molecule has 4 nitrogen and oxygen atoms in total. The summed E-state index contributed by atoms with van der Waals surface area (Å²) in [5, 5.41) is 0. The van der Waals surface area contributed by atoms with Gasteiger partial charge in [0, 0.05) is 11.1 Å². The highest BCUT2D eigenvalue weighted by atomic mass is 16.5. The minimum atomic E-state index is 0.522. The van der Waals surface area contributed by atoms with Crippen LogP contribution < -0.4 is 10.5 Å². The van der Waals surface area contributed by atoms with Crippen LogP contribution in [-0.2, 0) is 6.42 Å². The smallest absolute Gasteiger partial charge is 0.131 e. The van der Waals surface area contributed by atoms with Crippen LogP contribution in [-0.4, -0.2) is 16.6 Å².